The van der Waals surface area contributed by atoms with Gasteiger partial charge in [-0.15, -0.1) is 0 Å². The third-order valence-electron chi connectivity index (χ3n) is 3.79. The number of hydrogen-bond acceptors (Lipinski definition) is 4. The number of hydrogen-bond donors (Lipinski definition) is 0. The number of halogens is 1. The second-order valence-corrected chi connectivity index (χ2v) is 5.34. The maximum Gasteiger partial charge on any atom is 0.232 e. The van der Waals surface area contributed by atoms with Gasteiger partial charge in [0.1, 0.15) is 5.82 Å². The van der Waals surface area contributed by atoms with Gasteiger partial charge in [0.05, 0.1) is 23.5 Å². The van der Waals surface area contributed by atoms with Crippen LogP contribution in [-0.4, -0.2) is 10.1 Å². The zero-order valence-corrected chi connectivity index (χ0v) is 10.6. The minimum Gasteiger partial charge on any atom is -0.339 e. The van der Waals surface area contributed by atoms with Crippen molar-refractivity contribution in [3.63, 3.8) is 0 Å². The number of nitriles is 1. The molecular weight excluding hydrogens is 245 g/mol. The van der Waals surface area contributed by atoms with Gasteiger partial charge in [-0.25, -0.2) is 4.39 Å². The molecule has 1 aromatic heterocycles. The van der Waals surface area contributed by atoms with Gasteiger partial charge < -0.3 is 4.52 Å². The number of rotatable bonds is 2. The van der Waals surface area contributed by atoms with Crippen molar-refractivity contribution in [1.82, 2.24) is 10.1 Å². The Kier molecular flexibility index (Phi) is 2.42. The SMILES string of the molecule is CC1(C)C(C#N)C1c1nc(-c2ccccc2F)no1. The first-order valence-corrected chi connectivity index (χ1v) is 6.04. The first kappa shape index (κ1) is 11.8. The quantitative estimate of drug-likeness (QED) is 0.829. The Bertz CT molecular complexity index is 671. The van der Waals surface area contributed by atoms with Gasteiger partial charge in [0.2, 0.25) is 11.7 Å². The predicted molar refractivity (Wildman–Crippen MR) is 65.3 cm³/mol. The van der Waals surface area contributed by atoms with Gasteiger partial charge in [-0.2, -0.15) is 10.2 Å². The largest absolute Gasteiger partial charge is 0.339 e. The lowest BCUT2D eigenvalue weighted by atomic mass is 10.1. The van der Waals surface area contributed by atoms with Crippen LogP contribution in [0.3, 0.4) is 0 Å². The normalized spacial score (nSPS) is 23.9. The summed E-state index contributed by atoms with van der Waals surface area (Å²) in [6.45, 7) is 3.97. The molecule has 2 unspecified atom stereocenters. The van der Waals surface area contributed by atoms with Crippen molar-refractivity contribution in [2.75, 3.05) is 0 Å². The molecule has 1 aromatic carbocycles. The molecule has 0 amide bonds. The van der Waals surface area contributed by atoms with E-state index in [1.54, 1.807) is 18.2 Å². The van der Waals surface area contributed by atoms with Crippen LogP contribution in [0.4, 0.5) is 4.39 Å². The highest BCUT2D eigenvalue weighted by Crippen LogP contribution is 2.63. The summed E-state index contributed by atoms with van der Waals surface area (Å²) in [5.74, 6) is 0.0657. The molecule has 96 valence electrons. The minimum absolute atomic E-state index is 0.0643. The lowest BCUT2D eigenvalue weighted by Crippen LogP contribution is -1.91. The van der Waals surface area contributed by atoms with E-state index in [4.69, 9.17) is 9.78 Å². The lowest BCUT2D eigenvalue weighted by Gasteiger charge is -1.96. The summed E-state index contributed by atoms with van der Waals surface area (Å²) < 4.78 is 18.8. The van der Waals surface area contributed by atoms with Crippen molar-refractivity contribution in [2.45, 2.75) is 19.8 Å². The Morgan fingerprint density at radius 1 is 1.37 bits per heavy atom. The van der Waals surface area contributed by atoms with E-state index in [9.17, 15) is 4.39 Å². The monoisotopic (exact) mass is 257 g/mol. The summed E-state index contributed by atoms with van der Waals surface area (Å²) in [5, 5.41) is 12.8. The van der Waals surface area contributed by atoms with Crippen LogP contribution >= 0.6 is 0 Å². The van der Waals surface area contributed by atoms with Crippen molar-refractivity contribution >= 4 is 0 Å². The van der Waals surface area contributed by atoms with Crippen LogP contribution in [0, 0.1) is 28.5 Å². The number of aromatic nitrogens is 2. The van der Waals surface area contributed by atoms with Crippen LogP contribution in [0.2, 0.25) is 0 Å². The third kappa shape index (κ3) is 1.72. The Morgan fingerprint density at radius 3 is 2.74 bits per heavy atom. The van der Waals surface area contributed by atoms with E-state index in [0.29, 0.717) is 11.5 Å². The van der Waals surface area contributed by atoms with Gasteiger partial charge in [0.15, 0.2) is 0 Å². The maximum absolute atomic E-state index is 13.6. The summed E-state index contributed by atoms with van der Waals surface area (Å²) >= 11 is 0. The molecule has 0 aliphatic heterocycles. The molecule has 0 saturated heterocycles. The molecular formula is C14H12FN3O. The fourth-order valence-corrected chi connectivity index (χ4v) is 2.45. The molecule has 2 aromatic rings. The van der Waals surface area contributed by atoms with Crippen molar-refractivity contribution in [3.8, 4) is 17.5 Å². The molecule has 1 heterocycles. The standard InChI is InChI=1S/C14H12FN3O/c1-14(2)9(7-16)11(14)13-17-12(18-19-13)8-5-3-4-6-10(8)15/h3-6,9,11H,1-2H3. The molecule has 3 rings (SSSR count). The highest BCUT2D eigenvalue weighted by Gasteiger charge is 2.62. The van der Waals surface area contributed by atoms with E-state index < -0.39 is 0 Å². The minimum atomic E-state index is -0.387. The predicted octanol–water partition coefficient (Wildman–Crippen LogP) is 3.14. The highest BCUT2D eigenvalue weighted by atomic mass is 19.1. The zero-order chi connectivity index (χ0) is 13.6. The lowest BCUT2D eigenvalue weighted by molar-refractivity contribution is 0.368. The maximum atomic E-state index is 13.6. The summed E-state index contributed by atoms with van der Waals surface area (Å²) in [4.78, 5) is 4.23. The second-order valence-electron chi connectivity index (χ2n) is 5.34. The first-order valence-electron chi connectivity index (χ1n) is 6.04. The van der Waals surface area contributed by atoms with Crippen LogP contribution in [-0.2, 0) is 0 Å². The van der Waals surface area contributed by atoms with Gasteiger partial charge in [0.25, 0.3) is 0 Å². The summed E-state index contributed by atoms with van der Waals surface area (Å²) in [6.07, 6.45) is 0. The molecule has 0 bridgehead atoms. The van der Waals surface area contributed by atoms with Crippen molar-refractivity contribution < 1.29 is 8.91 Å². The molecule has 0 N–H and O–H groups in total. The Hall–Kier alpha value is -2.22. The van der Waals surface area contributed by atoms with Crippen molar-refractivity contribution in [2.24, 2.45) is 11.3 Å². The average molecular weight is 257 g/mol. The molecule has 19 heavy (non-hydrogen) atoms. The molecule has 0 radical (unpaired) electrons. The van der Waals surface area contributed by atoms with Gasteiger partial charge in [-0.1, -0.05) is 31.1 Å². The van der Waals surface area contributed by atoms with Gasteiger partial charge in [-0.05, 0) is 17.5 Å². The van der Waals surface area contributed by atoms with Gasteiger partial charge in [0, 0.05) is 0 Å². The Balaban J connectivity index is 1.94. The van der Waals surface area contributed by atoms with Gasteiger partial charge >= 0.3 is 0 Å². The first-order chi connectivity index (χ1) is 9.05. The van der Waals surface area contributed by atoms with Crippen LogP contribution in [0.25, 0.3) is 11.4 Å². The molecule has 4 nitrogen and oxygen atoms in total. The molecule has 1 aliphatic carbocycles. The molecule has 5 heteroatoms. The Labute approximate surface area is 109 Å². The second kappa shape index (κ2) is 3.89. The zero-order valence-electron chi connectivity index (χ0n) is 10.6. The van der Waals surface area contributed by atoms with Crippen LogP contribution in [0.1, 0.15) is 25.7 Å². The third-order valence-corrected chi connectivity index (χ3v) is 3.79. The van der Waals surface area contributed by atoms with Gasteiger partial charge in [-0.3, -0.25) is 0 Å². The van der Waals surface area contributed by atoms with E-state index in [1.807, 2.05) is 13.8 Å². The van der Waals surface area contributed by atoms with Crippen LogP contribution in [0.5, 0.6) is 0 Å². The fourth-order valence-electron chi connectivity index (χ4n) is 2.45. The number of benzene rings is 1. The van der Waals surface area contributed by atoms with Crippen LogP contribution < -0.4 is 0 Å². The molecule has 1 saturated carbocycles. The smallest absolute Gasteiger partial charge is 0.232 e. The summed E-state index contributed by atoms with van der Waals surface area (Å²) in [5.41, 5.74) is 0.151. The van der Waals surface area contributed by atoms with Crippen molar-refractivity contribution in [3.05, 3.63) is 36.0 Å². The average Bonchev–Trinajstić information content (AvgIpc) is 2.75. The van der Waals surface area contributed by atoms with E-state index in [2.05, 4.69) is 16.2 Å². The molecule has 1 aliphatic rings. The highest BCUT2D eigenvalue weighted by molar-refractivity contribution is 5.55. The van der Waals surface area contributed by atoms with E-state index in [-0.39, 0.29) is 28.9 Å². The topological polar surface area (TPSA) is 62.7 Å². The van der Waals surface area contributed by atoms with E-state index in [1.165, 1.54) is 6.07 Å². The van der Waals surface area contributed by atoms with Crippen LogP contribution in [0.15, 0.2) is 28.8 Å². The summed E-state index contributed by atoms with van der Waals surface area (Å²) in [7, 11) is 0. The van der Waals surface area contributed by atoms with E-state index >= 15 is 0 Å². The van der Waals surface area contributed by atoms with E-state index in [0.717, 1.165) is 0 Å². The molecule has 2 atom stereocenters. The Morgan fingerprint density at radius 2 is 2.11 bits per heavy atom. The van der Waals surface area contributed by atoms with Crippen molar-refractivity contribution in [1.29, 1.82) is 5.26 Å². The number of nitrogens with zero attached hydrogens (tertiary/aromatic N) is 3. The molecule has 0 spiro atoms. The fraction of sp³-hybridized carbons (Fsp3) is 0.357. The molecule has 1 fully saturated rings. The summed E-state index contributed by atoms with van der Waals surface area (Å²) in [6, 6.07) is 8.51.